The number of fused-ring (bicyclic) bond motifs is 1. The summed E-state index contributed by atoms with van der Waals surface area (Å²) < 4.78 is 19.9. The number of hydrogen-bond acceptors (Lipinski definition) is 4. The van der Waals surface area contributed by atoms with Gasteiger partial charge in [0.05, 0.1) is 17.7 Å². The maximum Gasteiger partial charge on any atom is 0.263 e. The van der Waals surface area contributed by atoms with Crippen molar-refractivity contribution in [3.63, 3.8) is 0 Å². The topological polar surface area (TPSA) is 64.4 Å². The van der Waals surface area contributed by atoms with Crippen LogP contribution in [0.5, 0.6) is 0 Å². The van der Waals surface area contributed by atoms with Crippen LogP contribution in [0.25, 0.3) is 10.1 Å². The van der Waals surface area contributed by atoms with E-state index >= 15 is 0 Å². The van der Waals surface area contributed by atoms with E-state index in [4.69, 9.17) is 10.5 Å². The van der Waals surface area contributed by atoms with Gasteiger partial charge in [-0.05, 0) is 30.9 Å². The van der Waals surface area contributed by atoms with Crippen molar-refractivity contribution in [3.05, 3.63) is 28.9 Å². The van der Waals surface area contributed by atoms with Gasteiger partial charge < -0.3 is 15.8 Å². The molecule has 1 saturated heterocycles. The van der Waals surface area contributed by atoms with Gasteiger partial charge in [0, 0.05) is 17.9 Å². The highest BCUT2D eigenvalue weighted by molar-refractivity contribution is 7.21. The van der Waals surface area contributed by atoms with Crippen LogP contribution in [0.3, 0.4) is 0 Å². The highest BCUT2D eigenvalue weighted by atomic mass is 32.1. The van der Waals surface area contributed by atoms with Crippen LogP contribution < -0.4 is 11.1 Å². The fourth-order valence-electron chi connectivity index (χ4n) is 2.58. The summed E-state index contributed by atoms with van der Waals surface area (Å²) >= 11 is 1.22. The summed E-state index contributed by atoms with van der Waals surface area (Å²) in [6, 6.07) is 4.74. The summed E-state index contributed by atoms with van der Waals surface area (Å²) in [6.07, 6.45) is 2.08. The standard InChI is InChI=1S/C15H17FN2O2S/c16-10-4-1-5-11-12(10)13(17)14(21-11)15(19)18-7-9-3-2-6-20-8-9/h1,4-5,9H,2-3,6-8,17H2,(H,18,19). The molecule has 0 spiro atoms. The molecule has 1 atom stereocenters. The van der Waals surface area contributed by atoms with Crippen molar-refractivity contribution in [1.29, 1.82) is 0 Å². The van der Waals surface area contributed by atoms with Gasteiger partial charge in [-0.15, -0.1) is 11.3 Å². The molecule has 2 heterocycles. The number of benzene rings is 1. The van der Waals surface area contributed by atoms with Gasteiger partial charge in [-0.25, -0.2) is 4.39 Å². The van der Waals surface area contributed by atoms with E-state index < -0.39 is 0 Å². The van der Waals surface area contributed by atoms with Crippen LogP contribution in [0.2, 0.25) is 0 Å². The fraction of sp³-hybridized carbons (Fsp3) is 0.400. The first-order valence-electron chi connectivity index (χ1n) is 6.99. The van der Waals surface area contributed by atoms with E-state index in [1.54, 1.807) is 12.1 Å². The zero-order chi connectivity index (χ0) is 14.8. The van der Waals surface area contributed by atoms with Gasteiger partial charge in [-0.2, -0.15) is 0 Å². The second-order valence-corrected chi connectivity index (χ2v) is 6.30. The van der Waals surface area contributed by atoms with Crippen LogP contribution in [-0.2, 0) is 4.74 Å². The molecule has 4 nitrogen and oxygen atoms in total. The second-order valence-electron chi connectivity index (χ2n) is 5.25. The minimum Gasteiger partial charge on any atom is -0.397 e. The number of carbonyl (C=O) groups excluding carboxylic acids is 1. The SMILES string of the molecule is Nc1c(C(=O)NCC2CCCOC2)sc2cccc(F)c12. The summed E-state index contributed by atoms with van der Waals surface area (Å²) in [6.45, 7) is 2.04. The molecule has 1 aliphatic rings. The molecule has 6 heteroatoms. The number of rotatable bonds is 3. The molecule has 1 aromatic heterocycles. The van der Waals surface area contributed by atoms with Crippen molar-refractivity contribution >= 4 is 33.0 Å². The maximum atomic E-state index is 13.8. The number of nitrogens with one attached hydrogen (secondary N) is 1. The smallest absolute Gasteiger partial charge is 0.263 e. The minimum absolute atomic E-state index is 0.227. The van der Waals surface area contributed by atoms with Crippen LogP contribution in [0.4, 0.5) is 10.1 Å². The number of thiophene rings is 1. The number of hydrogen-bond donors (Lipinski definition) is 2. The van der Waals surface area contributed by atoms with E-state index in [-0.39, 0.29) is 17.4 Å². The molecule has 112 valence electrons. The number of nitrogens with two attached hydrogens (primary N) is 1. The molecule has 2 aromatic rings. The first-order valence-corrected chi connectivity index (χ1v) is 7.81. The normalized spacial score (nSPS) is 18.8. The molecule has 1 aliphatic heterocycles. The lowest BCUT2D eigenvalue weighted by Crippen LogP contribution is -2.33. The quantitative estimate of drug-likeness (QED) is 0.916. The Morgan fingerprint density at radius 1 is 1.52 bits per heavy atom. The molecule has 3 N–H and O–H groups in total. The summed E-state index contributed by atoms with van der Waals surface area (Å²) in [4.78, 5) is 12.6. The number of nitrogen functional groups attached to an aromatic ring is 1. The number of carbonyl (C=O) groups is 1. The Labute approximate surface area is 126 Å². The zero-order valence-corrected chi connectivity index (χ0v) is 12.3. The number of amides is 1. The molecule has 3 rings (SSSR count). The van der Waals surface area contributed by atoms with Gasteiger partial charge in [-0.3, -0.25) is 4.79 Å². The summed E-state index contributed by atoms with van der Waals surface area (Å²) in [5, 5.41) is 3.22. The van der Waals surface area contributed by atoms with E-state index in [9.17, 15) is 9.18 Å². The third-order valence-corrected chi connectivity index (χ3v) is 4.88. The Morgan fingerprint density at radius 3 is 3.10 bits per heavy atom. The number of ether oxygens (including phenoxy) is 1. The van der Waals surface area contributed by atoms with Crippen LogP contribution in [0.15, 0.2) is 18.2 Å². The lowest BCUT2D eigenvalue weighted by atomic mass is 10.0. The van der Waals surface area contributed by atoms with Crippen molar-refractivity contribution in [2.24, 2.45) is 5.92 Å². The lowest BCUT2D eigenvalue weighted by molar-refractivity contribution is 0.0537. The Morgan fingerprint density at radius 2 is 2.38 bits per heavy atom. The third kappa shape index (κ3) is 2.87. The van der Waals surface area contributed by atoms with E-state index in [0.717, 1.165) is 19.4 Å². The predicted molar refractivity (Wildman–Crippen MR) is 82.1 cm³/mol. The summed E-state index contributed by atoms with van der Waals surface area (Å²) in [7, 11) is 0. The van der Waals surface area contributed by atoms with E-state index in [1.807, 2.05) is 0 Å². The van der Waals surface area contributed by atoms with Crippen LogP contribution in [-0.4, -0.2) is 25.7 Å². The monoisotopic (exact) mass is 308 g/mol. The highest BCUT2D eigenvalue weighted by Gasteiger charge is 2.20. The minimum atomic E-state index is -0.388. The van der Waals surface area contributed by atoms with Gasteiger partial charge in [0.2, 0.25) is 0 Å². The van der Waals surface area contributed by atoms with E-state index in [2.05, 4.69) is 5.32 Å². The molecule has 1 amide bonds. The first kappa shape index (κ1) is 14.3. The van der Waals surface area contributed by atoms with Gasteiger partial charge in [-0.1, -0.05) is 6.07 Å². The molecule has 0 saturated carbocycles. The highest BCUT2D eigenvalue weighted by Crippen LogP contribution is 2.35. The number of anilines is 1. The van der Waals surface area contributed by atoms with Crippen LogP contribution >= 0.6 is 11.3 Å². The van der Waals surface area contributed by atoms with Gasteiger partial charge >= 0.3 is 0 Å². The molecule has 0 bridgehead atoms. The second kappa shape index (κ2) is 5.99. The Hall–Kier alpha value is -1.66. The molecule has 21 heavy (non-hydrogen) atoms. The molecular formula is C15H17FN2O2S. The van der Waals surface area contributed by atoms with Crippen molar-refractivity contribution in [3.8, 4) is 0 Å². The average Bonchev–Trinajstić information content (AvgIpc) is 2.84. The Bertz CT molecular complexity index is 665. The fourth-order valence-corrected chi connectivity index (χ4v) is 3.64. The molecule has 0 aliphatic carbocycles. The van der Waals surface area contributed by atoms with Gasteiger partial charge in [0.15, 0.2) is 0 Å². The largest absolute Gasteiger partial charge is 0.397 e. The molecule has 1 aromatic carbocycles. The summed E-state index contributed by atoms with van der Waals surface area (Å²) in [5.74, 6) is -0.283. The number of halogens is 1. The van der Waals surface area contributed by atoms with E-state index in [0.29, 0.717) is 34.0 Å². The van der Waals surface area contributed by atoms with Crippen molar-refractivity contribution in [1.82, 2.24) is 5.32 Å². The van der Waals surface area contributed by atoms with E-state index in [1.165, 1.54) is 17.4 Å². The zero-order valence-electron chi connectivity index (χ0n) is 11.5. The van der Waals surface area contributed by atoms with Gasteiger partial charge in [0.25, 0.3) is 5.91 Å². The summed E-state index contributed by atoms with van der Waals surface area (Å²) in [5.41, 5.74) is 6.16. The lowest BCUT2D eigenvalue weighted by Gasteiger charge is -2.22. The molecule has 0 radical (unpaired) electrons. The maximum absolute atomic E-state index is 13.8. The van der Waals surface area contributed by atoms with Crippen LogP contribution in [0, 0.1) is 11.7 Å². The predicted octanol–water partition coefficient (Wildman–Crippen LogP) is 2.78. The first-order chi connectivity index (χ1) is 10.2. The molecule has 1 fully saturated rings. The molecular weight excluding hydrogens is 291 g/mol. The average molecular weight is 308 g/mol. The van der Waals surface area contributed by atoms with Crippen molar-refractivity contribution in [2.45, 2.75) is 12.8 Å². The Balaban J connectivity index is 1.75. The third-order valence-electron chi connectivity index (χ3n) is 3.71. The molecule has 1 unspecified atom stereocenters. The van der Waals surface area contributed by atoms with Crippen molar-refractivity contribution < 1.29 is 13.9 Å². The Kier molecular flexibility index (Phi) is 4.07. The van der Waals surface area contributed by atoms with Crippen molar-refractivity contribution in [2.75, 3.05) is 25.5 Å². The van der Waals surface area contributed by atoms with Crippen LogP contribution in [0.1, 0.15) is 22.5 Å². The van der Waals surface area contributed by atoms with Gasteiger partial charge in [0.1, 0.15) is 10.7 Å².